The van der Waals surface area contributed by atoms with E-state index in [1.54, 1.807) is 24.4 Å². The van der Waals surface area contributed by atoms with Crippen LogP contribution in [-0.2, 0) is 6.42 Å². The number of likely N-dealkylation sites (tertiary alicyclic amines) is 1. The normalized spacial score (nSPS) is 15.0. The highest BCUT2D eigenvalue weighted by molar-refractivity contribution is 5.94. The van der Waals surface area contributed by atoms with Crippen LogP contribution in [0.25, 0.3) is 33.6 Å². The number of nitrogens with two attached hydrogens (primary N) is 1. The molecule has 3 heterocycles. The smallest absolute Gasteiger partial charge is 0.159 e. The molecule has 4 aromatic rings. The van der Waals surface area contributed by atoms with Crippen molar-refractivity contribution in [1.82, 2.24) is 25.1 Å². The van der Waals surface area contributed by atoms with Crippen LogP contribution in [-0.4, -0.2) is 44.7 Å². The summed E-state index contributed by atoms with van der Waals surface area (Å²) in [5.41, 5.74) is 14.0. The topological polar surface area (TPSA) is 86.6 Å². The molecule has 40 heavy (non-hydrogen) atoms. The summed E-state index contributed by atoms with van der Waals surface area (Å²) in [6, 6.07) is 11.5. The van der Waals surface area contributed by atoms with Gasteiger partial charge in [-0.05, 0) is 111 Å². The number of aromatic amines is 2. The van der Waals surface area contributed by atoms with Gasteiger partial charge in [0.2, 0.25) is 0 Å². The van der Waals surface area contributed by atoms with Gasteiger partial charge in [0.1, 0.15) is 11.5 Å². The molecule has 5 rings (SSSR count). The lowest BCUT2D eigenvalue weighted by atomic mass is 9.95. The van der Waals surface area contributed by atoms with Gasteiger partial charge >= 0.3 is 0 Å². The molecule has 7 heteroatoms. The van der Waals surface area contributed by atoms with Crippen LogP contribution >= 0.6 is 0 Å². The Kier molecular flexibility index (Phi) is 8.31. The summed E-state index contributed by atoms with van der Waals surface area (Å²) in [7, 11) is 0. The fourth-order valence-electron chi connectivity index (χ4n) is 5.72. The molecule has 1 aliphatic rings. The third kappa shape index (κ3) is 5.80. The van der Waals surface area contributed by atoms with Crippen molar-refractivity contribution in [3.63, 3.8) is 0 Å². The van der Waals surface area contributed by atoms with Crippen LogP contribution in [0, 0.1) is 18.7 Å². The minimum absolute atomic E-state index is 0.239. The summed E-state index contributed by atoms with van der Waals surface area (Å²) < 4.78 is 14.8. The quantitative estimate of drug-likeness (QED) is 0.190. The van der Waals surface area contributed by atoms with Crippen molar-refractivity contribution in [2.24, 2.45) is 11.7 Å². The first-order valence-corrected chi connectivity index (χ1v) is 14.2. The Bertz CT molecular complexity index is 1570. The zero-order chi connectivity index (χ0) is 28.2. The van der Waals surface area contributed by atoms with E-state index < -0.39 is 0 Å². The number of aryl methyl sites for hydroxylation is 2. The molecule has 0 bridgehead atoms. The molecule has 0 saturated carbocycles. The van der Waals surface area contributed by atoms with Gasteiger partial charge in [0, 0.05) is 16.7 Å². The Morgan fingerprint density at radius 3 is 2.67 bits per heavy atom. The van der Waals surface area contributed by atoms with Gasteiger partial charge in [-0.3, -0.25) is 5.10 Å². The largest absolute Gasteiger partial charge is 0.404 e. The molecule has 1 saturated heterocycles. The van der Waals surface area contributed by atoms with Gasteiger partial charge in [-0.2, -0.15) is 5.10 Å². The average Bonchev–Trinajstić information content (AvgIpc) is 3.67. The van der Waals surface area contributed by atoms with Gasteiger partial charge in [0.25, 0.3) is 0 Å². The van der Waals surface area contributed by atoms with Crippen molar-refractivity contribution in [1.29, 1.82) is 0 Å². The number of nitrogens with zero attached hydrogens (tertiary/aromatic N) is 3. The third-order valence-corrected chi connectivity index (χ3v) is 7.75. The Labute approximate surface area is 235 Å². The molecular weight excluding hydrogens is 499 g/mol. The minimum Gasteiger partial charge on any atom is -0.404 e. The summed E-state index contributed by atoms with van der Waals surface area (Å²) >= 11 is 0. The molecule has 1 fully saturated rings. The lowest BCUT2D eigenvalue weighted by Gasteiger charge is -2.14. The molecule has 0 spiro atoms. The summed E-state index contributed by atoms with van der Waals surface area (Å²) in [4.78, 5) is 10.9. The number of H-pyrrole nitrogens is 2. The Morgan fingerprint density at radius 2 is 1.95 bits per heavy atom. The fourth-order valence-corrected chi connectivity index (χ4v) is 5.72. The predicted octanol–water partition coefficient (Wildman–Crippen LogP) is 7.00. The number of hydrogen-bond donors (Lipinski definition) is 3. The maximum absolute atomic E-state index is 14.8. The second-order valence-corrected chi connectivity index (χ2v) is 11.0. The van der Waals surface area contributed by atoms with E-state index >= 15 is 0 Å². The number of fused-ring (bicyclic) bond motifs is 1. The highest BCUT2D eigenvalue weighted by atomic mass is 19.1. The molecule has 0 amide bonds. The van der Waals surface area contributed by atoms with Crippen LogP contribution in [0.15, 0.2) is 61.3 Å². The molecular formula is C33H39FN6. The zero-order valence-electron chi connectivity index (χ0n) is 23.7. The van der Waals surface area contributed by atoms with Gasteiger partial charge < -0.3 is 15.6 Å². The van der Waals surface area contributed by atoms with Crippen molar-refractivity contribution in [3.05, 3.63) is 95.2 Å². The van der Waals surface area contributed by atoms with E-state index in [9.17, 15) is 4.39 Å². The van der Waals surface area contributed by atoms with E-state index in [0.717, 1.165) is 75.2 Å². The first-order chi connectivity index (χ1) is 19.4. The molecule has 2 aromatic carbocycles. The van der Waals surface area contributed by atoms with Crippen molar-refractivity contribution in [3.8, 4) is 11.5 Å². The summed E-state index contributed by atoms with van der Waals surface area (Å²) in [5, 5.41) is 8.67. The molecule has 4 N–H and O–H groups in total. The number of rotatable bonds is 10. The SMILES string of the molecule is C=C/C=C(/c1cc(F)cc(CCCN2CCCC2)c1)c1nc(-c2n[nH]c3ccc(/C(=C/N)C(C)C)cc23)[nH]c1C. The van der Waals surface area contributed by atoms with Gasteiger partial charge in [-0.25, -0.2) is 9.37 Å². The Hall–Kier alpha value is -3.97. The molecule has 0 atom stereocenters. The molecule has 6 nitrogen and oxygen atoms in total. The van der Waals surface area contributed by atoms with Crippen LogP contribution < -0.4 is 5.73 Å². The van der Waals surface area contributed by atoms with Crippen LogP contribution in [0.4, 0.5) is 4.39 Å². The maximum atomic E-state index is 14.8. The Morgan fingerprint density at radius 1 is 1.15 bits per heavy atom. The first kappa shape index (κ1) is 27.6. The number of benzene rings is 2. The highest BCUT2D eigenvalue weighted by Gasteiger charge is 2.19. The number of nitrogens with one attached hydrogen (secondary N) is 2. The monoisotopic (exact) mass is 538 g/mol. The van der Waals surface area contributed by atoms with Crippen LogP contribution in [0.1, 0.15) is 61.2 Å². The van der Waals surface area contributed by atoms with Crippen LogP contribution in [0.2, 0.25) is 0 Å². The van der Waals surface area contributed by atoms with Gasteiger partial charge in [0.05, 0.1) is 11.2 Å². The lowest BCUT2D eigenvalue weighted by molar-refractivity contribution is 0.334. The molecule has 0 unspecified atom stereocenters. The molecule has 0 aliphatic carbocycles. The molecule has 0 radical (unpaired) electrons. The number of imidazole rings is 1. The van der Waals surface area contributed by atoms with Crippen LogP contribution in [0.5, 0.6) is 0 Å². The van der Waals surface area contributed by atoms with E-state index in [1.165, 1.54) is 25.9 Å². The molecule has 1 aliphatic heterocycles. The van der Waals surface area contributed by atoms with E-state index in [2.05, 4.69) is 58.7 Å². The highest BCUT2D eigenvalue weighted by Crippen LogP contribution is 2.33. The molecule has 2 aromatic heterocycles. The first-order valence-electron chi connectivity index (χ1n) is 14.2. The summed E-state index contributed by atoms with van der Waals surface area (Å²) in [6.07, 6.45) is 9.72. The van der Waals surface area contributed by atoms with E-state index in [4.69, 9.17) is 10.7 Å². The van der Waals surface area contributed by atoms with Gasteiger partial charge in [-0.15, -0.1) is 0 Å². The van der Waals surface area contributed by atoms with Gasteiger partial charge in [0.15, 0.2) is 5.82 Å². The second kappa shape index (κ2) is 12.0. The standard InChI is InChI=1S/C33H39FN6/c1-5-9-27(25-16-23(17-26(34)18-25)10-8-15-40-13-6-7-14-40)31-22(4)36-33(37-31)32-28-19-24(29(20-35)21(2)3)11-12-30(28)38-39-32/h5,9,11-12,16-21H,1,6-8,10,13-15,35H2,2-4H3,(H,36,37)(H,38,39)/b27-9-,29-20+. The van der Waals surface area contributed by atoms with E-state index in [-0.39, 0.29) is 5.82 Å². The van der Waals surface area contributed by atoms with E-state index in [1.807, 2.05) is 19.1 Å². The number of allylic oxidation sites excluding steroid dienone is 3. The molecule has 208 valence electrons. The zero-order valence-corrected chi connectivity index (χ0v) is 23.7. The van der Waals surface area contributed by atoms with Crippen molar-refractivity contribution in [2.45, 2.75) is 46.5 Å². The number of aromatic nitrogens is 4. The minimum atomic E-state index is -0.239. The fraction of sp³-hybridized carbons (Fsp3) is 0.333. The number of halogens is 1. The Balaban J connectivity index is 1.47. The van der Waals surface area contributed by atoms with E-state index in [0.29, 0.717) is 11.7 Å². The number of hydrogen-bond acceptors (Lipinski definition) is 4. The predicted molar refractivity (Wildman–Crippen MR) is 163 cm³/mol. The van der Waals surface area contributed by atoms with Crippen molar-refractivity contribution >= 4 is 22.0 Å². The summed E-state index contributed by atoms with van der Waals surface area (Å²) in [6.45, 7) is 13.6. The summed E-state index contributed by atoms with van der Waals surface area (Å²) in [5.74, 6) is 0.700. The maximum Gasteiger partial charge on any atom is 0.159 e. The van der Waals surface area contributed by atoms with Crippen LogP contribution in [0.3, 0.4) is 0 Å². The average molecular weight is 539 g/mol. The third-order valence-electron chi connectivity index (χ3n) is 7.75. The van der Waals surface area contributed by atoms with Gasteiger partial charge in [-0.1, -0.05) is 44.7 Å². The van der Waals surface area contributed by atoms with Crippen molar-refractivity contribution < 1.29 is 4.39 Å². The van der Waals surface area contributed by atoms with Crippen molar-refractivity contribution in [2.75, 3.05) is 19.6 Å². The second-order valence-electron chi connectivity index (χ2n) is 11.0. The lowest BCUT2D eigenvalue weighted by Crippen LogP contribution is -2.20.